The van der Waals surface area contributed by atoms with Gasteiger partial charge in [-0.1, -0.05) is 24.3 Å². The lowest BCUT2D eigenvalue weighted by Gasteiger charge is -2.61. The summed E-state index contributed by atoms with van der Waals surface area (Å²) in [5.41, 5.74) is -0.807. The van der Waals surface area contributed by atoms with Gasteiger partial charge in [0.2, 0.25) is 0 Å². The van der Waals surface area contributed by atoms with E-state index in [1.54, 1.807) is 0 Å². The van der Waals surface area contributed by atoms with Crippen molar-refractivity contribution >= 4 is 11.6 Å². The molecule has 2 heteroatoms. The van der Waals surface area contributed by atoms with Gasteiger partial charge in [0.05, 0.1) is 10.8 Å². The van der Waals surface area contributed by atoms with Gasteiger partial charge in [-0.05, 0) is 30.1 Å². The van der Waals surface area contributed by atoms with Crippen LogP contribution in [0, 0.1) is 34.5 Å². The fraction of sp³-hybridized carbons (Fsp3) is 0.600. The molecule has 5 aliphatic carbocycles. The summed E-state index contributed by atoms with van der Waals surface area (Å²) in [6.45, 7) is 0. The summed E-state index contributed by atoms with van der Waals surface area (Å²) < 4.78 is 0. The minimum absolute atomic E-state index is 0.345. The van der Waals surface area contributed by atoms with E-state index in [1.807, 2.05) is 12.2 Å². The molecule has 86 valence electrons. The van der Waals surface area contributed by atoms with E-state index in [2.05, 4.69) is 12.2 Å². The third kappa shape index (κ3) is 0.580. The summed E-state index contributed by atoms with van der Waals surface area (Å²) in [7, 11) is 0. The van der Waals surface area contributed by atoms with Crippen molar-refractivity contribution in [1.82, 2.24) is 0 Å². The Morgan fingerprint density at radius 3 is 1.82 bits per heavy atom. The number of Topliss-reactive ketones (excluding diaryl/α,β-unsaturated/α-hetero) is 2. The Kier molecular flexibility index (Phi) is 1.15. The second-order valence-corrected chi connectivity index (χ2v) is 6.52. The van der Waals surface area contributed by atoms with E-state index in [1.165, 1.54) is 0 Å². The molecule has 2 spiro atoms. The summed E-state index contributed by atoms with van der Waals surface area (Å²) in [6, 6.07) is 0. The molecule has 0 radical (unpaired) electrons. The van der Waals surface area contributed by atoms with Crippen LogP contribution < -0.4 is 0 Å². The lowest BCUT2D eigenvalue weighted by molar-refractivity contribution is -0.164. The van der Waals surface area contributed by atoms with Gasteiger partial charge < -0.3 is 0 Å². The fourth-order valence-electron chi connectivity index (χ4n) is 6.20. The average molecular weight is 226 g/mol. The second-order valence-electron chi connectivity index (χ2n) is 6.52. The van der Waals surface area contributed by atoms with Crippen LogP contribution in [0.5, 0.6) is 0 Å². The van der Waals surface area contributed by atoms with Gasteiger partial charge in [-0.25, -0.2) is 0 Å². The Labute approximate surface area is 99.8 Å². The number of hydrogen-bond acceptors (Lipinski definition) is 2. The monoisotopic (exact) mass is 226 g/mol. The van der Waals surface area contributed by atoms with Gasteiger partial charge in [0.1, 0.15) is 11.6 Å². The van der Waals surface area contributed by atoms with Gasteiger partial charge in [0.25, 0.3) is 0 Å². The molecular formula is C15H14O2. The largest absolute Gasteiger partial charge is 0.299 e. The summed E-state index contributed by atoms with van der Waals surface area (Å²) in [5, 5.41) is 0. The van der Waals surface area contributed by atoms with Crippen LogP contribution in [0.4, 0.5) is 0 Å². The van der Waals surface area contributed by atoms with Crippen LogP contribution in [0.3, 0.4) is 0 Å². The van der Waals surface area contributed by atoms with Crippen molar-refractivity contribution in [3.8, 4) is 0 Å². The molecule has 6 atom stereocenters. The third-order valence-electron chi connectivity index (χ3n) is 6.39. The first kappa shape index (κ1) is 8.84. The number of hydrogen-bond donors (Lipinski definition) is 0. The molecule has 0 bridgehead atoms. The molecule has 0 aromatic heterocycles. The maximum Gasteiger partial charge on any atom is 0.144 e. The van der Waals surface area contributed by atoms with Crippen molar-refractivity contribution in [3.63, 3.8) is 0 Å². The van der Waals surface area contributed by atoms with Crippen LogP contribution >= 0.6 is 0 Å². The minimum Gasteiger partial charge on any atom is -0.299 e. The maximum absolute atomic E-state index is 12.5. The molecule has 0 aliphatic heterocycles. The highest BCUT2D eigenvalue weighted by atomic mass is 16.1. The van der Waals surface area contributed by atoms with Crippen LogP contribution in [0.2, 0.25) is 0 Å². The maximum atomic E-state index is 12.5. The van der Waals surface area contributed by atoms with Crippen LogP contribution in [-0.2, 0) is 9.59 Å². The Hall–Kier alpha value is -1.18. The molecule has 0 aromatic rings. The van der Waals surface area contributed by atoms with Crippen molar-refractivity contribution < 1.29 is 9.59 Å². The van der Waals surface area contributed by atoms with Gasteiger partial charge in [-0.3, -0.25) is 9.59 Å². The van der Waals surface area contributed by atoms with Crippen molar-refractivity contribution in [2.75, 3.05) is 0 Å². The Morgan fingerprint density at radius 2 is 1.35 bits per heavy atom. The lowest BCUT2D eigenvalue weighted by Crippen LogP contribution is -2.65. The predicted octanol–water partition coefficient (Wildman–Crippen LogP) is 1.91. The van der Waals surface area contributed by atoms with Crippen LogP contribution in [-0.4, -0.2) is 11.6 Å². The van der Waals surface area contributed by atoms with Gasteiger partial charge in [0, 0.05) is 12.8 Å². The molecule has 17 heavy (non-hydrogen) atoms. The van der Waals surface area contributed by atoms with Crippen LogP contribution in [0.15, 0.2) is 24.3 Å². The number of allylic oxidation sites excluding steroid dienone is 4. The van der Waals surface area contributed by atoms with E-state index in [9.17, 15) is 9.59 Å². The molecule has 0 amide bonds. The van der Waals surface area contributed by atoms with Gasteiger partial charge in [-0.2, -0.15) is 0 Å². The van der Waals surface area contributed by atoms with Crippen LogP contribution in [0.1, 0.15) is 19.3 Å². The smallest absolute Gasteiger partial charge is 0.144 e. The topological polar surface area (TPSA) is 34.1 Å². The van der Waals surface area contributed by atoms with Crippen LogP contribution in [0.25, 0.3) is 0 Å². The highest BCUT2D eigenvalue weighted by Crippen LogP contribution is 2.82. The Bertz CT molecular complexity index is 495. The van der Waals surface area contributed by atoms with Crippen molar-refractivity contribution in [1.29, 1.82) is 0 Å². The quantitative estimate of drug-likeness (QED) is 0.632. The van der Waals surface area contributed by atoms with E-state index in [0.717, 1.165) is 19.3 Å². The molecule has 0 aromatic carbocycles. The predicted molar refractivity (Wildman–Crippen MR) is 61.0 cm³/mol. The number of carbonyl (C=O) groups excluding carboxylic acids is 2. The molecule has 5 aliphatic rings. The molecular weight excluding hydrogens is 212 g/mol. The normalized spacial score (nSPS) is 60.5. The standard InChI is InChI=1S/C15H14O2/c16-10-6-8-5-9-7-11(17)15-4-2-1-3-14(10,15)12(8)13(9)15/h1-4,8-9,12-13H,5-7H2. The first-order valence-corrected chi connectivity index (χ1v) is 6.65. The molecule has 0 N–H and O–H groups in total. The number of rotatable bonds is 0. The first-order chi connectivity index (χ1) is 8.22. The first-order valence-electron chi connectivity index (χ1n) is 6.65. The van der Waals surface area contributed by atoms with Crippen molar-refractivity contribution in [3.05, 3.63) is 24.3 Å². The minimum atomic E-state index is -0.403. The SMILES string of the molecule is O=C1CC2CC3CC(=O)C45C=CC=CC14C2C35. The second kappa shape index (κ2) is 2.21. The number of carbonyl (C=O) groups is 2. The van der Waals surface area contributed by atoms with E-state index in [0.29, 0.717) is 35.2 Å². The highest BCUT2D eigenvalue weighted by Gasteiger charge is 2.85. The molecule has 4 saturated carbocycles. The van der Waals surface area contributed by atoms with E-state index >= 15 is 0 Å². The van der Waals surface area contributed by atoms with Gasteiger partial charge in [0.15, 0.2) is 0 Å². The molecule has 5 rings (SSSR count). The molecule has 4 fully saturated rings. The average Bonchev–Trinajstić information content (AvgIpc) is 2.75. The zero-order valence-electron chi connectivity index (χ0n) is 9.56. The van der Waals surface area contributed by atoms with Crippen molar-refractivity contribution in [2.45, 2.75) is 19.3 Å². The summed E-state index contributed by atoms with van der Waals surface area (Å²) in [6.07, 6.45) is 10.7. The zero-order valence-corrected chi connectivity index (χ0v) is 9.56. The summed E-state index contributed by atoms with van der Waals surface area (Å²) in [4.78, 5) is 24.9. The zero-order chi connectivity index (χ0) is 11.4. The highest BCUT2D eigenvalue weighted by molar-refractivity contribution is 6.05. The van der Waals surface area contributed by atoms with Gasteiger partial charge >= 0.3 is 0 Å². The molecule has 6 unspecified atom stereocenters. The molecule has 2 nitrogen and oxygen atoms in total. The Morgan fingerprint density at radius 1 is 0.882 bits per heavy atom. The van der Waals surface area contributed by atoms with Crippen molar-refractivity contribution in [2.24, 2.45) is 34.5 Å². The fourth-order valence-corrected chi connectivity index (χ4v) is 6.20. The van der Waals surface area contributed by atoms with E-state index < -0.39 is 10.8 Å². The Balaban J connectivity index is 1.87. The van der Waals surface area contributed by atoms with Gasteiger partial charge in [-0.15, -0.1) is 0 Å². The lowest BCUT2D eigenvalue weighted by atomic mass is 9.38. The summed E-state index contributed by atoms with van der Waals surface area (Å²) in [5.74, 6) is 2.83. The number of ketones is 2. The summed E-state index contributed by atoms with van der Waals surface area (Å²) >= 11 is 0. The molecule has 0 saturated heterocycles. The molecule has 0 heterocycles. The van der Waals surface area contributed by atoms with E-state index in [-0.39, 0.29) is 0 Å². The van der Waals surface area contributed by atoms with E-state index in [4.69, 9.17) is 0 Å². The third-order valence-corrected chi connectivity index (χ3v) is 6.39.